The van der Waals surface area contributed by atoms with Gasteiger partial charge in [0, 0.05) is 10.2 Å². The second-order valence-electron chi connectivity index (χ2n) is 4.31. The van der Waals surface area contributed by atoms with Crippen molar-refractivity contribution in [2.75, 3.05) is 10.5 Å². The highest BCUT2D eigenvalue weighted by Gasteiger charge is 2.16. The van der Waals surface area contributed by atoms with Gasteiger partial charge in [0.1, 0.15) is 0 Å². The molecule has 108 valence electrons. The first-order valence-electron chi connectivity index (χ1n) is 5.88. The molecule has 0 amide bonds. The van der Waals surface area contributed by atoms with Gasteiger partial charge in [-0.1, -0.05) is 27.3 Å². The molecule has 3 aromatic rings. The second-order valence-corrected chi connectivity index (χ2v) is 7.93. The number of fused-ring (bicyclic) bond motifs is 1. The van der Waals surface area contributed by atoms with E-state index in [9.17, 15) is 8.42 Å². The highest BCUT2D eigenvalue weighted by atomic mass is 79.9. The SMILES string of the molecule is Nc1ccc2nc(NS(=O)(=O)c3ccc(Br)cc3)sc2c1. The van der Waals surface area contributed by atoms with Crippen LogP contribution in [-0.2, 0) is 10.0 Å². The summed E-state index contributed by atoms with van der Waals surface area (Å²) in [6, 6.07) is 11.7. The van der Waals surface area contributed by atoms with Crippen molar-refractivity contribution in [1.82, 2.24) is 4.98 Å². The Hall–Kier alpha value is -1.64. The number of thiazole rings is 1. The summed E-state index contributed by atoms with van der Waals surface area (Å²) in [4.78, 5) is 4.43. The number of aromatic nitrogens is 1. The quantitative estimate of drug-likeness (QED) is 0.678. The van der Waals surface area contributed by atoms with Crippen LogP contribution in [-0.4, -0.2) is 13.4 Å². The van der Waals surface area contributed by atoms with Crippen LogP contribution in [0.1, 0.15) is 0 Å². The summed E-state index contributed by atoms with van der Waals surface area (Å²) < 4.78 is 28.7. The summed E-state index contributed by atoms with van der Waals surface area (Å²) in [5.74, 6) is 0. The topological polar surface area (TPSA) is 85.1 Å². The van der Waals surface area contributed by atoms with Crippen LogP contribution in [0.5, 0.6) is 0 Å². The van der Waals surface area contributed by atoms with Gasteiger partial charge < -0.3 is 5.73 Å². The number of nitrogens with one attached hydrogen (secondary N) is 1. The van der Waals surface area contributed by atoms with E-state index in [0.717, 1.165) is 9.17 Å². The first kappa shape index (κ1) is 14.3. The standard InChI is InChI=1S/C13H10BrN3O2S2/c14-8-1-4-10(5-2-8)21(18,19)17-13-16-11-6-3-9(15)7-12(11)20-13/h1-7H,15H2,(H,16,17). The Bertz CT molecular complexity index is 905. The predicted octanol–water partition coefficient (Wildman–Crippen LogP) is 3.44. The minimum absolute atomic E-state index is 0.185. The van der Waals surface area contributed by atoms with Crippen molar-refractivity contribution in [2.24, 2.45) is 0 Å². The Labute approximate surface area is 134 Å². The fraction of sp³-hybridized carbons (Fsp3) is 0. The number of rotatable bonds is 3. The van der Waals surface area contributed by atoms with Gasteiger partial charge in [0.2, 0.25) is 0 Å². The molecular weight excluding hydrogens is 374 g/mol. The third-order valence-electron chi connectivity index (χ3n) is 2.76. The molecule has 0 bridgehead atoms. The number of nitrogen functional groups attached to an aromatic ring is 1. The number of hydrogen-bond acceptors (Lipinski definition) is 5. The molecule has 0 saturated carbocycles. The van der Waals surface area contributed by atoms with Gasteiger partial charge in [-0.15, -0.1) is 0 Å². The number of nitrogens with zero attached hydrogens (tertiary/aromatic N) is 1. The average molecular weight is 384 g/mol. The molecule has 0 radical (unpaired) electrons. The maximum absolute atomic E-state index is 12.3. The molecule has 1 aromatic heterocycles. The first-order chi connectivity index (χ1) is 9.94. The van der Waals surface area contributed by atoms with Crippen LogP contribution in [0.2, 0.25) is 0 Å². The summed E-state index contributed by atoms with van der Waals surface area (Å²) in [6.45, 7) is 0. The normalized spacial score (nSPS) is 11.7. The first-order valence-corrected chi connectivity index (χ1v) is 8.98. The van der Waals surface area contributed by atoms with Crippen molar-refractivity contribution < 1.29 is 8.42 Å². The van der Waals surface area contributed by atoms with Crippen LogP contribution < -0.4 is 10.5 Å². The molecule has 0 atom stereocenters. The van der Waals surface area contributed by atoms with Crippen molar-refractivity contribution in [2.45, 2.75) is 4.90 Å². The molecule has 0 spiro atoms. The molecule has 0 unspecified atom stereocenters. The van der Waals surface area contributed by atoms with E-state index in [0.29, 0.717) is 16.3 Å². The fourth-order valence-corrected chi connectivity index (χ4v) is 4.19. The summed E-state index contributed by atoms with van der Waals surface area (Å²) >= 11 is 4.52. The highest BCUT2D eigenvalue weighted by molar-refractivity contribution is 9.10. The smallest absolute Gasteiger partial charge is 0.263 e. The van der Waals surface area contributed by atoms with E-state index in [1.807, 2.05) is 0 Å². The van der Waals surface area contributed by atoms with Gasteiger partial charge in [-0.2, -0.15) is 0 Å². The number of sulfonamides is 1. The lowest BCUT2D eigenvalue weighted by Crippen LogP contribution is -2.12. The predicted molar refractivity (Wildman–Crippen MR) is 89.0 cm³/mol. The van der Waals surface area contributed by atoms with E-state index in [4.69, 9.17) is 5.73 Å². The Morgan fingerprint density at radius 2 is 1.86 bits per heavy atom. The van der Waals surface area contributed by atoms with Crippen molar-refractivity contribution >= 4 is 58.3 Å². The van der Waals surface area contributed by atoms with Gasteiger partial charge >= 0.3 is 0 Å². The van der Waals surface area contributed by atoms with Crippen molar-refractivity contribution in [1.29, 1.82) is 0 Å². The van der Waals surface area contributed by atoms with E-state index in [1.165, 1.54) is 23.5 Å². The Balaban J connectivity index is 1.95. The Morgan fingerprint density at radius 3 is 2.57 bits per heavy atom. The van der Waals surface area contributed by atoms with Crippen LogP contribution in [0.4, 0.5) is 10.8 Å². The minimum Gasteiger partial charge on any atom is -0.399 e. The number of halogens is 1. The van der Waals surface area contributed by atoms with Crippen molar-refractivity contribution in [3.05, 3.63) is 46.9 Å². The lowest BCUT2D eigenvalue weighted by molar-refractivity contribution is 0.601. The van der Waals surface area contributed by atoms with E-state index in [1.54, 1.807) is 30.3 Å². The highest BCUT2D eigenvalue weighted by Crippen LogP contribution is 2.29. The molecule has 3 N–H and O–H groups in total. The largest absolute Gasteiger partial charge is 0.399 e. The van der Waals surface area contributed by atoms with E-state index < -0.39 is 10.0 Å². The van der Waals surface area contributed by atoms with Crippen LogP contribution in [0.25, 0.3) is 10.2 Å². The molecule has 0 aliphatic carbocycles. The van der Waals surface area contributed by atoms with Crippen LogP contribution in [0.15, 0.2) is 51.8 Å². The van der Waals surface area contributed by atoms with Gasteiger partial charge in [-0.05, 0) is 42.5 Å². The average Bonchev–Trinajstić information content (AvgIpc) is 2.79. The minimum atomic E-state index is -3.64. The van der Waals surface area contributed by atoms with Gasteiger partial charge in [0.15, 0.2) is 5.13 Å². The molecule has 2 aromatic carbocycles. The van der Waals surface area contributed by atoms with E-state index >= 15 is 0 Å². The van der Waals surface area contributed by atoms with E-state index in [-0.39, 0.29) is 4.90 Å². The summed E-state index contributed by atoms with van der Waals surface area (Å²) in [5, 5.41) is 0.318. The lowest BCUT2D eigenvalue weighted by Gasteiger charge is -2.04. The van der Waals surface area contributed by atoms with Crippen LogP contribution in [0.3, 0.4) is 0 Å². The molecule has 21 heavy (non-hydrogen) atoms. The second kappa shape index (κ2) is 5.28. The number of hydrogen-bond donors (Lipinski definition) is 2. The molecule has 0 fully saturated rings. The summed E-state index contributed by atoms with van der Waals surface area (Å²) in [5.41, 5.74) is 7.03. The van der Waals surface area contributed by atoms with Gasteiger partial charge in [-0.3, -0.25) is 4.72 Å². The Morgan fingerprint density at radius 1 is 1.14 bits per heavy atom. The van der Waals surface area contributed by atoms with Crippen LogP contribution >= 0.6 is 27.3 Å². The zero-order valence-corrected chi connectivity index (χ0v) is 13.8. The lowest BCUT2D eigenvalue weighted by atomic mass is 10.3. The van der Waals surface area contributed by atoms with Crippen molar-refractivity contribution in [3.8, 4) is 0 Å². The zero-order chi connectivity index (χ0) is 15.0. The molecule has 8 heteroatoms. The molecule has 0 saturated heterocycles. The van der Waals surface area contributed by atoms with E-state index in [2.05, 4.69) is 25.6 Å². The molecule has 3 rings (SSSR count). The molecule has 1 heterocycles. The van der Waals surface area contributed by atoms with Gasteiger partial charge in [0.25, 0.3) is 10.0 Å². The third kappa shape index (κ3) is 3.02. The van der Waals surface area contributed by atoms with Crippen molar-refractivity contribution in [3.63, 3.8) is 0 Å². The number of anilines is 2. The molecule has 0 aliphatic rings. The fourth-order valence-electron chi connectivity index (χ4n) is 1.77. The summed E-state index contributed by atoms with van der Waals surface area (Å²) in [6.07, 6.45) is 0. The zero-order valence-electron chi connectivity index (χ0n) is 10.6. The maximum Gasteiger partial charge on any atom is 0.263 e. The molecule has 0 aliphatic heterocycles. The van der Waals surface area contributed by atoms with Crippen LogP contribution in [0, 0.1) is 0 Å². The molecular formula is C13H10BrN3O2S2. The number of benzene rings is 2. The summed E-state index contributed by atoms with van der Waals surface area (Å²) in [7, 11) is -3.64. The monoisotopic (exact) mass is 383 g/mol. The number of nitrogens with two attached hydrogens (primary N) is 1. The third-order valence-corrected chi connectivity index (χ3v) is 5.70. The Kier molecular flexibility index (Phi) is 3.60. The van der Waals surface area contributed by atoms with Gasteiger partial charge in [0.05, 0.1) is 15.1 Å². The van der Waals surface area contributed by atoms with Gasteiger partial charge in [-0.25, -0.2) is 13.4 Å². The molecule has 5 nitrogen and oxygen atoms in total. The maximum atomic E-state index is 12.3.